The smallest absolute Gasteiger partial charge is 0.157 e. The van der Waals surface area contributed by atoms with Crippen molar-refractivity contribution >= 4 is 11.0 Å². The Balaban J connectivity index is 2.17. The van der Waals surface area contributed by atoms with Crippen LogP contribution in [-0.4, -0.2) is 15.0 Å². The molecule has 4 nitrogen and oxygen atoms in total. The van der Waals surface area contributed by atoms with Crippen molar-refractivity contribution in [2.24, 2.45) is 5.73 Å². The first kappa shape index (κ1) is 10.9. The first-order valence-corrected chi connectivity index (χ1v) is 5.88. The maximum absolute atomic E-state index is 5.64. The number of nitrogens with one attached hydrogen (secondary N) is 1. The summed E-state index contributed by atoms with van der Waals surface area (Å²) < 4.78 is 0. The third kappa shape index (κ3) is 1.76. The highest BCUT2D eigenvalue weighted by Gasteiger charge is 2.08. The van der Waals surface area contributed by atoms with Crippen molar-refractivity contribution in [1.29, 1.82) is 0 Å². The lowest BCUT2D eigenvalue weighted by Crippen LogP contribution is -1.95. The first-order chi connectivity index (χ1) is 8.78. The van der Waals surface area contributed by atoms with Crippen LogP contribution in [0.25, 0.3) is 22.6 Å². The number of fused-ring (bicyclic) bond motifs is 1. The van der Waals surface area contributed by atoms with Crippen molar-refractivity contribution in [1.82, 2.24) is 15.0 Å². The summed E-state index contributed by atoms with van der Waals surface area (Å²) in [6.07, 6.45) is 1.78. The van der Waals surface area contributed by atoms with E-state index in [0.717, 1.165) is 33.7 Å². The van der Waals surface area contributed by atoms with E-state index in [1.165, 1.54) is 0 Å². The third-order valence-corrected chi connectivity index (χ3v) is 3.02. The molecule has 0 aliphatic carbocycles. The fraction of sp³-hybridized carbons (Fsp3) is 0.143. The Morgan fingerprint density at radius 2 is 2.17 bits per heavy atom. The molecule has 0 aliphatic rings. The summed E-state index contributed by atoms with van der Waals surface area (Å²) in [5, 5.41) is 0. The molecule has 0 atom stereocenters. The van der Waals surface area contributed by atoms with Crippen molar-refractivity contribution in [2.45, 2.75) is 13.5 Å². The van der Waals surface area contributed by atoms with Crippen molar-refractivity contribution in [3.05, 3.63) is 47.7 Å². The molecule has 4 heteroatoms. The van der Waals surface area contributed by atoms with Crippen LogP contribution in [0.15, 0.2) is 36.5 Å². The fourth-order valence-corrected chi connectivity index (χ4v) is 2.03. The summed E-state index contributed by atoms with van der Waals surface area (Å²) in [6.45, 7) is 2.56. The zero-order chi connectivity index (χ0) is 12.5. The number of aromatic nitrogens is 3. The SMILES string of the molecule is Cc1cccnc1-c1nc2ccc(CN)cc2[nH]1. The molecule has 0 radical (unpaired) electrons. The van der Waals surface area contributed by atoms with Crippen LogP contribution in [0.1, 0.15) is 11.1 Å². The van der Waals surface area contributed by atoms with Crippen LogP contribution >= 0.6 is 0 Å². The minimum absolute atomic E-state index is 0.535. The Morgan fingerprint density at radius 3 is 2.94 bits per heavy atom. The number of rotatable bonds is 2. The van der Waals surface area contributed by atoms with Crippen LogP contribution < -0.4 is 5.73 Å². The quantitative estimate of drug-likeness (QED) is 0.720. The molecule has 0 fully saturated rings. The molecular formula is C14H14N4. The Labute approximate surface area is 105 Å². The molecule has 3 aromatic rings. The number of nitrogens with zero attached hydrogens (tertiary/aromatic N) is 2. The first-order valence-electron chi connectivity index (χ1n) is 5.88. The molecule has 0 amide bonds. The molecule has 0 bridgehead atoms. The topological polar surface area (TPSA) is 67.6 Å². The number of H-pyrrole nitrogens is 1. The van der Waals surface area contributed by atoms with E-state index >= 15 is 0 Å². The average molecular weight is 238 g/mol. The minimum atomic E-state index is 0.535. The van der Waals surface area contributed by atoms with Gasteiger partial charge in [-0.1, -0.05) is 12.1 Å². The monoisotopic (exact) mass is 238 g/mol. The van der Waals surface area contributed by atoms with Crippen LogP contribution in [-0.2, 0) is 6.54 Å². The van der Waals surface area contributed by atoms with Gasteiger partial charge in [-0.2, -0.15) is 0 Å². The Morgan fingerprint density at radius 1 is 1.28 bits per heavy atom. The third-order valence-electron chi connectivity index (χ3n) is 3.02. The standard InChI is InChI=1S/C14H14N4/c1-9-3-2-6-16-13(9)14-17-11-5-4-10(8-15)7-12(11)18-14/h2-7H,8,15H2,1H3,(H,17,18). The lowest BCUT2D eigenvalue weighted by Gasteiger charge is -1.98. The predicted octanol–water partition coefficient (Wildman–Crippen LogP) is 2.39. The number of aryl methyl sites for hydroxylation is 1. The summed E-state index contributed by atoms with van der Waals surface area (Å²) in [5.41, 5.74) is 10.7. The van der Waals surface area contributed by atoms with Crippen LogP contribution in [0.3, 0.4) is 0 Å². The van der Waals surface area contributed by atoms with Crippen molar-refractivity contribution in [2.75, 3.05) is 0 Å². The van der Waals surface area contributed by atoms with Gasteiger partial charge in [-0.25, -0.2) is 4.98 Å². The Bertz CT molecular complexity index is 700. The van der Waals surface area contributed by atoms with E-state index in [2.05, 4.69) is 15.0 Å². The molecule has 3 N–H and O–H groups in total. The normalized spacial score (nSPS) is 11.0. The number of imidazole rings is 1. The van der Waals surface area contributed by atoms with Gasteiger partial charge in [0.25, 0.3) is 0 Å². The van der Waals surface area contributed by atoms with Gasteiger partial charge in [0.15, 0.2) is 5.82 Å². The number of hydrogen-bond donors (Lipinski definition) is 2. The number of nitrogens with two attached hydrogens (primary N) is 1. The summed E-state index contributed by atoms with van der Waals surface area (Å²) in [6, 6.07) is 9.97. The molecule has 18 heavy (non-hydrogen) atoms. The highest BCUT2D eigenvalue weighted by molar-refractivity contribution is 5.79. The van der Waals surface area contributed by atoms with Gasteiger partial charge >= 0.3 is 0 Å². The van der Waals surface area contributed by atoms with Gasteiger partial charge in [-0.05, 0) is 36.2 Å². The largest absolute Gasteiger partial charge is 0.337 e. The van der Waals surface area contributed by atoms with Gasteiger partial charge in [-0.3, -0.25) is 4.98 Å². The van der Waals surface area contributed by atoms with E-state index in [1.54, 1.807) is 6.20 Å². The molecule has 3 rings (SSSR count). The zero-order valence-electron chi connectivity index (χ0n) is 10.1. The Kier molecular flexibility index (Phi) is 2.57. The van der Waals surface area contributed by atoms with Gasteiger partial charge < -0.3 is 10.7 Å². The highest BCUT2D eigenvalue weighted by Crippen LogP contribution is 2.21. The molecule has 2 heterocycles. The lowest BCUT2D eigenvalue weighted by molar-refractivity contribution is 1.07. The Hall–Kier alpha value is -2.20. The highest BCUT2D eigenvalue weighted by atomic mass is 14.9. The maximum atomic E-state index is 5.64. The average Bonchev–Trinajstić information content (AvgIpc) is 2.81. The molecule has 0 aliphatic heterocycles. The van der Waals surface area contributed by atoms with Crippen LogP contribution in [0.5, 0.6) is 0 Å². The summed E-state index contributed by atoms with van der Waals surface area (Å²) in [7, 11) is 0. The van der Waals surface area contributed by atoms with E-state index in [9.17, 15) is 0 Å². The van der Waals surface area contributed by atoms with Gasteiger partial charge in [0.1, 0.15) is 5.69 Å². The second-order valence-electron chi connectivity index (χ2n) is 4.31. The van der Waals surface area contributed by atoms with Crippen molar-refractivity contribution < 1.29 is 0 Å². The van der Waals surface area contributed by atoms with Gasteiger partial charge in [0, 0.05) is 12.7 Å². The van der Waals surface area contributed by atoms with E-state index in [-0.39, 0.29) is 0 Å². The number of aromatic amines is 1. The summed E-state index contributed by atoms with van der Waals surface area (Å²) in [4.78, 5) is 12.2. The van der Waals surface area contributed by atoms with Gasteiger partial charge in [0.05, 0.1) is 11.0 Å². The van der Waals surface area contributed by atoms with Crippen molar-refractivity contribution in [3.8, 4) is 11.5 Å². The molecule has 0 saturated heterocycles. The number of benzene rings is 1. The van der Waals surface area contributed by atoms with Crippen molar-refractivity contribution in [3.63, 3.8) is 0 Å². The second kappa shape index (κ2) is 4.23. The van der Waals surface area contributed by atoms with E-state index in [0.29, 0.717) is 6.54 Å². The molecular weight excluding hydrogens is 224 g/mol. The van der Waals surface area contributed by atoms with Crippen LogP contribution in [0.2, 0.25) is 0 Å². The van der Waals surface area contributed by atoms with Crippen LogP contribution in [0.4, 0.5) is 0 Å². The molecule has 90 valence electrons. The van der Waals surface area contributed by atoms with Gasteiger partial charge in [0.2, 0.25) is 0 Å². The van der Waals surface area contributed by atoms with E-state index in [1.807, 2.05) is 37.3 Å². The molecule has 1 aromatic carbocycles. The minimum Gasteiger partial charge on any atom is -0.337 e. The van der Waals surface area contributed by atoms with E-state index in [4.69, 9.17) is 5.73 Å². The summed E-state index contributed by atoms with van der Waals surface area (Å²) >= 11 is 0. The van der Waals surface area contributed by atoms with Gasteiger partial charge in [-0.15, -0.1) is 0 Å². The molecule has 2 aromatic heterocycles. The number of pyridine rings is 1. The zero-order valence-corrected chi connectivity index (χ0v) is 10.1. The fourth-order valence-electron chi connectivity index (χ4n) is 2.03. The number of hydrogen-bond acceptors (Lipinski definition) is 3. The molecule has 0 spiro atoms. The van der Waals surface area contributed by atoms with Crippen LogP contribution in [0, 0.1) is 6.92 Å². The molecule has 0 saturated carbocycles. The predicted molar refractivity (Wildman–Crippen MR) is 72.0 cm³/mol. The summed E-state index contributed by atoms with van der Waals surface area (Å²) in [5.74, 6) is 0.803. The second-order valence-corrected chi connectivity index (χ2v) is 4.31. The maximum Gasteiger partial charge on any atom is 0.157 e. The molecule has 0 unspecified atom stereocenters. The lowest BCUT2D eigenvalue weighted by atomic mass is 10.2. The van der Waals surface area contributed by atoms with E-state index < -0.39 is 0 Å².